The average Bonchev–Trinajstić information content (AvgIpc) is 2.62. The number of alkyl halides is 3. The van der Waals surface area contributed by atoms with Crippen molar-refractivity contribution in [1.82, 2.24) is 5.64 Å². The van der Waals surface area contributed by atoms with Crippen LogP contribution >= 0.6 is 11.6 Å². The Bertz CT molecular complexity index is 768. The number of halogens is 4. The molecule has 1 aromatic carbocycles. The van der Waals surface area contributed by atoms with Gasteiger partial charge < -0.3 is 14.2 Å². The molecule has 1 aliphatic rings. The second kappa shape index (κ2) is 9.10. The predicted octanol–water partition coefficient (Wildman–Crippen LogP) is 3.13. The van der Waals surface area contributed by atoms with Crippen molar-refractivity contribution in [2.24, 2.45) is 0 Å². The molecule has 0 saturated heterocycles. The molecule has 7 nitrogen and oxygen atoms in total. The zero-order chi connectivity index (χ0) is 21.1. The minimum Gasteiger partial charge on any atom is -0.475 e. The van der Waals surface area contributed by atoms with E-state index in [-0.39, 0.29) is 24.5 Å². The SMILES string of the molecule is COCC(CONO)OC(=O)C1=Cc2c(cc(C)c(Cl)c2C)O[C@@H]1C(F)(F)F. The van der Waals surface area contributed by atoms with Crippen molar-refractivity contribution in [3.8, 4) is 5.75 Å². The summed E-state index contributed by atoms with van der Waals surface area (Å²) in [6, 6.07) is 1.39. The summed E-state index contributed by atoms with van der Waals surface area (Å²) in [4.78, 5) is 17.0. The molecular weight excluding hydrogens is 407 g/mol. The van der Waals surface area contributed by atoms with E-state index in [1.807, 2.05) is 0 Å². The normalized spacial score (nSPS) is 17.4. The van der Waals surface area contributed by atoms with Crippen molar-refractivity contribution in [2.75, 3.05) is 20.3 Å². The fourth-order valence-corrected chi connectivity index (χ4v) is 2.85. The van der Waals surface area contributed by atoms with E-state index < -0.39 is 29.9 Å². The van der Waals surface area contributed by atoms with Gasteiger partial charge in [-0.25, -0.2) is 4.79 Å². The first-order valence-electron chi connectivity index (χ1n) is 8.05. The van der Waals surface area contributed by atoms with Gasteiger partial charge in [0.1, 0.15) is 12.4 Å². The summed E-state index contributed by atoms with van der Waals surface area (Å²) in [5.41, 5.74) is 1.95. The van der Waals surface area contributed by atoms with Gasteiger partial charge in [-0.1, -0.05) is 17.2 Å². The molecule has 0 aliphatic carbocycles. The molecule has 1 heterocycles. The van der Waals surface area contributed by atoms with E-state index in [1.165, 1.54) is 18.8 Å². The molecule has 0 aromatic heterocycles. The minimum atomic E-state index is -4.86. The van der Waals surface area contributed by atoms with E-state index in [0.29, 0.717) is 16.1 Å². The van der Waals surface area contributed by atoms with Crippen molar-refractivity contribution < 1.29 is 42.2 Å². The van der Waals surface area contributed by atoms with E-state index in [4.69, 9.17) is 31.0 Å². The Morgan fingerprint density at radius 1 is 1.39 bits per heavy atom. The zero-order valence-electron chi connectivity index (χ0n) is 15.2. The van der Waals surface area contributed by atoms with E-state index >= 15 is 0 Å². The number of aryl methyl sites for hydroxylation is 1. The first-order valence-corrected chi connectivity index (χ1v) is 8.43. The Morgan fingerprint density at radius 2 is 2.07 bits per heavy atom. The fraction of sp³-hybridized carbons (Fsp3) is 0.471. The van der Waals surface area contributed by atoms with Crippen LogP contribution in [0.3, 0.4) is 0 Å². The lowest BCUT2D eigenvalue weighted by Crippen LogP contribution is -2.42. The zero-order valence-corrected chi connectivity index (χ0v) is 16.0. The molecule has 0 amide bonds. The Labute approximate surface area is 163 Å². The molecule has 1 aromatic rings. The number of hydrogen-bond donors (Lipinski definition) is 2. The van der Waals surface area contributed by atoms with E-state index in [9.17, 15) is 18.0 Å². The van der Waals surface area contributed by atoms with Gasteiger partial charge in [-0.05, 0) is 37.1 Å². The molecule has 2 rings (SSSR count). The highest BCUT2D eigenvalue weighted by Crippen LogP contribution is 2.41. The van der Waals surface area contributed by atoms with E-state index in [1.54, 1.807) is 13.8 Å². The largest absolute Gasteiger partial charge is 0.475 e. The lowest BCUT2D eigenvalue weighted by molar-refractivity contribution is -0.192. The number of benzene rings is 1. The summed E-state index contributed by atoms with van der Waals surface area (Å²) in [6.45, 7) is 2.72. The lowest BCUT2D eigenvalue weighted by Gasteiger charge is -2.30. The molecule has 1 unspecified atom stereocenters. The molecule has 1 aliphatic heterocycles. The molecule has 0 fully saturated rings. The number of ether oxygens (including phenoxy) is 3. The number of carbonyl (C=O) groups is 1. The monoisotopic (exact) mass is 425 g/mol. The van der Waals surface area contributed by atoms with Gasteiger partial charge in [0.15, 0.2) is 6.10 Å². The third kappa shape index (κ3) is 4.95. The molecule has 2 N–H and O–H groups in total. The molecule has 0 saturated carbocycles. The van der Waals surface area contributed by atoms with Crippen molar-refractivity contribution in [3.05, 3.63) is 33.4 Å². The topological polar surface area (TPSA) is 86.3 Å². The lowest BCUT2D eigenvalue weighted by atomic mass is 9.96. The summed E-state index contributed by atoms with van der Waals surface area (Å²) >= 11 is 6.16. The van der Waals surface area contributed by atoms with E-state index in [0.717, 1.165) is 6.08 Å². The number of esters is 1. The number of fused-ring (bicyclic) bond motifs is 1. The summed E-state index contributed by atoms with van der Waals surface area (Å²) in [5, 5.41) is 8.81. The number of rotatable bonds is 7. The number of carbonyl (C=O) groups excluding carboxylic acids is 1. The van der Waals surface area contributed by atoms with Crippen LogP contribution in [0.2, 0.25) is 5.02 Å². The highest BCUT2D eigenvalue weighted by atomic mass is 35.5. The van der Waals surface area contributed by atoms with Gasteiger partial charge in [0, 0.05) is 17.7 Å². The maximum absolute atomic E-state index is 13.5. The highest BCUT2D eigenvalue weighted by molar-refractivity contribution is 6.32. The van der Waals surface area contributed by atoms with Crippen LogP contribution in [0.25, 0.3) is 6.08 Å². The van der Waals surface area contributed by atoms with Crippen molar-refractivity contribution in [3.63, 3.8) is 0 Å². The summed E-state index contributed by atoms with van der Waals surface area (Å²) in [7, 11) is 1.30. The molecule has 156 valence electrons. The smallest absolute Gasteiger partial charge is 0.430 e. The summed E-state index contributed by atoms with van der Waals surface area (Å²) in [5.74, 6) is -1.29. The number of nitrogens with one attached hydrogen (secondary N) is 1. The Hall–Kier alpha value is -1.85. The van der Waals surface area contributed by atoms with Crippen LogP contribution in [-0.4, -0.2) is 49.9 Å². The van der Waals surface area contributed by atoms with Crippen molar-refractivity contribution in [2.45, 2.75) is 32.2 Å². The first-order chi connectivity index (χ1) is 13.1. The molecule has 0 radical (unpaired) electrons. The second-order valence-electron chi connectivity index (χ2n) is 6.07. The maximum atomic E-state index is 13.5. The van der Waals surface area contributed by atoms with Gasteiger partial charge >= 0.3 is 12.1 Å². The number of hydrogen-bond acceptors (Lipinski definition) is 7. The Balaban J connectivity index is 2.42. The Kier molecular flexibility index (Phi) is 7.29. The van der Waals surface area contributed by atoms with Gasteiger partial charge in [0.2, 0.25) is 6.10 Å². The van der Waals surface area contributed by atoms with Crippen LogP contribution in [-0.2, 0) is 19.1 Å². The quantitative estimate of drug-likeness (QED) is 0.512. The van der Waals surface area contributed by atoms with Gasteiger partial charge in [-0.2, -0.15) is 13.2 Å². The third-order valence-corrected chi connectivity index (χ3v) is 4.59. The average molecular weight is 426 g/mol. The van der Waals surface area contributed by atoms with E-state index in [2.05, 4.69) is 4.84 Å². The van der Waals surface area contributed by atoms with Crippen LogP contribution in [0, 0.1) is 13.8 Å². The molecule has 0 spiro atoms. The standard InChI is InChI=1S/C17H19ClF3NO6/c1-8-4-13-11(9(2)14(8)18)5-12(15(28-13)17(19,20)21)16(23)27-10(6-25-3)7-26-22-24/h4-5,10,15,22,24H,6-7H2,1-3H3/t10?,15-/m0/s1. The minimum absolute atomic E-state index is 0.0282. The van der Waals surface area contributed by atoms with Crippen LogP contribution in [0.5, 0.6) is 5.75 Å². The predicted molar refractivity (Wildman–Crippen MR) is 92.0 cm³/mol. The van der Waals surface area contributed by atoms with Crippen LogP contribution in [0.15, 0.2) is 11.6 Å². The molecular formula is C17H19ClF3NO6. The molecule has 2 atom stereocenters. The van der Waals surface area contributed by atoms with Gasteiger partial charge in [-0.3, -0.25) is 10.0 Å². The first kappa shape index (κ1) is 22.4. The number of methoxy groups -OCH3 is 1. The van der Waals surface area contributed by atoms with Crippen LogP contribution in [0.4, 0.5) is 13.2 Å². The highest BCUT2D eigenvalue weighted by Gasteiger charge is 2.49. The van der Waals surface area contributed by atoms with Crippen molar-refractivity contribution >= 4 is 23.6 Å². The third-order valence-electron chi connectivity index (χ3n) is 4.01. The fourth-order valence-electron chi connectivity index (χ4n) is 2.70. The summed E-state index contributed by atoms with van der Waals surface area (Å²) in [6.07, 6.45) is -7.37. The van der Waals surface area contributed by atoms with Crippen molar-refractivity contribution in [1.29, 1.82) is 0 Å². The maximum Gasteiger partial charge on any atom is 0.430 e. The Morgan fingerprint density at radius 3 is 2.64 bits per heavy atom. The molecule has 28 heavy (non-hydrogen) atoms. The van der Waals surface area contributed by atoms with Gasteiger partial charge in [0.25, 0.3) is 0 Å². The summed E-state index contributed by atoms with van der Waals surface area (Å²) < 4.78 is 55.5. The molecule has 0 bridgehead atoms. The van der Waals surface area contributed by atoms with Crippen LogP contribution < -0.4 is 10.4 Å². The molecule has 11 heteroatoms. The van der Waals surface area contributed by atoms with Gasteiger partial charge in [0.05, 0.1) is 12.2 Å². The van der Waals surface area contributed by atoms with Gasteiger partial charge in [-0.15, -0.1) is 0 Å². The van der Waals surface area contributed by atoms with Crippen LogP contribution in [0.1, 0.15) is 16.7 Å². The second-order valence-corrected chi connectivity index (χ2v) is 6.45.